The van der Waals surface area contributed by atoms with E-state index in [1.165, 1.54) is 13.3 Å². The lowest BCUT2D eigenvalue weighted by Gasteiger charge is -2.13. The first-order valence-corrected chi connectivity index (χ1v) is 7.25. The van der Waals surface area contributed by atoms with Crippen LogP contribution in [0.2, 0.25) is 0 Å². The second-order valence-electron chi connectivity index (χ2n) is 5.11. The Morgan fingerprint density at radius 3 is 2.75 bits per heavy atom. The molecule has 1 amide bonds. The van der Waals surface area contributed by atoms with Gasteiger partial charge in [-0.25, -0.2) is 4.98 Å². The van der Waals surface area contributed by atoms with Crippen molar-refractivity contribution in [2.75, 3.05) is 12.4 Å². The lowest BCUT2D eigenvalue weighted by Crippen LogP contribution is -2.34. The SMILES string of the molecule is COc1ccc(NC(=O)[C@H](C)n2nnc3ccccc3c2=O)cn1. The highest BCUT2D eigenvalue weighted by Crippen LogP contribution is 2.13. The Kier molecular flexibility index (Phi) is 4.19. The summed E-state index contributed by atoms with van der Waals surface area (Å²) in [7, 11) is 1.51. The maximum absolute atomic E-state index is 12.5. The second kappa shape index (κ2) is 6.45. The van der Waals surface area contributed by atoms with E-state index in [9.17, 15) is 9.59 Å². The largest absolute Gasteiger partial charge is 0.481 e. The Hall–Kier alpha value is -3.29. The number of carbonyl (C=O) groups is 1. The molecule has 0 aliphatic rings. The van der Waals surface area contributed by atoms with Crippen molar-refractivity contribution in [1.82, 2.24) is 20.0 Å². The number of nitrogens with zero attached hydrogens (tertiary/aromatic N) is 4. The van der Waals surface area contributed by atoms with Gasteiger partial charge in [-0.3, -0.25) is 9.59 Å². The van der Waals surface area contributed by atoms with Crippen LogP contribution in [0.5, 0.6) is 5.88 Å². The van der Waals surface area contributed by atoms with Gasteiger partial charge in [0.2, 0.25) is 11.8 Å². The first-order chi connectivity index (χ1) is 11.6. The van der Waals surface area contributed by atoms with Crippen molar-refractivity contribution in [2.45, 2.75) is 13.0 Å². The molecule has 0 radical (unpaired) electrons. The van der Waals surface area contributed by atoms with Crippen LogP contribution in [0.1, 0.15) is 13.0 Å². The van der Waals surface area contributed by atoms with Gasteiger partial charge < -0.3 is 10.1 Å². The van der Waals surface area contributed by atoms with Crippen LogP contribution in [-0.4, -0.2) is 33.0 Å². The molecule has 0 saturated carbocycles. The first kappa shape index (κ1) is 15.6. The van der Waals surface area contributed by atoms with Crippen molar-refractivity contribution in [2.24, 2.45) is 0 Å². The molecule has 1 atom stereocenters. The van der Waals surface area contributed by atoms with Gasteiger partial charge in [0.1, 0.15) is 11.6 Å². The highest BCUT2D eigenvalue weighted by molar-refractivity contribution is 5.93. The van der Waals surface area contributed by atoms with E-state index in [2.05, 4.69) is 20.6 Å². The second-order valence-corrected chi connectivity index (χ2v) is 5.11. The summed E-state index contributed by atoms with van der Waals surface area (Å²) in [6.45, 7) is 1.58. The van der Waals surface area contributed by atoms with Crippen molar-refractivity contribution < 1.29 is 9.53 Å². The van der Waals surface area contributed by atoms with E-state index >= 15 is 0 Å². The molecule has 0 unspecified atom stereocenters. The first-order valence-electron chi connectivity index (χ1n) is 7.25. The van der Waals surface area contributed by atoms with E-state index in [4.69, 9.17) is 4.74 Å². The number of pyridine rings is 1. The lowest BCUT2D eigenvalue weighted by molar-refractivity contribution is -0.119. The van der Waals surface area contributed by atoms with Gasteiger partial charge in [0, 0.05) is 6.07 Å². The summed E-state index contributed by atoms with van der Waals surface area (Å²) in [6, 6.07) is 9.32. The third kappa shape index (κ3) is 2.94. The minimum Gasteiger partial charge on any atom is -0.481 e. The molecule has 2 aromatic heterocycles. The van der Waals surface area contributed by atoms with E-state index in [0.717, 1.165) is 4.68 Å². The number of fused-ring (bicyclic) bond motifs is 1. The molecule has 0 fully saturated rings. The molecule has 3 aromatic rings. The number of rotatable bonds is 4. The van der Waals surface area contributed by atoms with Crippen LogP contribution in [0.15, 0.2) is 47.4 Å². The molecule has 122 valence electrons. The van der Waals surface area contributed by atoms with Gasteiger partial charge in [-0.15, -0.1) is 5.10 Å². The molecule has 1 aromatic carbocycles. The molecule has 1 N–H and O–H groups in total. The molecule has 24 heavy (non-hydrogen) atoms. The maximum Gasteiger partial charge on any atom is 0.278 e. The molecule has 3 rings (SSSR count). The van der Waals surface area contributed by atoms with Crippen molar-refractivity contribution >= 4 is 22.5 Å². The van der Waals surface area contributed by atoms with Crippen LogP contribution in [0.25, 0.3) is 10.9 Å². The smallest absolute Gasteiger partial charge is 0.278 e. The summed E-state index contributed by atoms with van der Waals surface area (Å²) in [5.41, 5.74) is 0.622. The zero-order valence-corrected chi connectivity index (χ0v) is 13.1. The molecular formula is C16H15N5O3. The molecular weight excluding hydrogens is 310 g/mol. The summed E-state index contributed by atoms with van der Waals surface area (Å²) in [4.78, 5) is 28.8. The Labute approximate surface area is 137 Å². The summed E-state index contributed by atoms with van der Waals surface area (Å²) < 4.78 is 6.02. The molecule has 2 heterocycles. The van der Waals surface area contributed by atoms with Crippen molar-refractivity contribution in [3.63, 3.8) is 0 Å². The number of hydrogen-bond donors (Lipinski definition) is 1. The Morgan fingerprint density at radius 2 is 2.04 bits per heavy atom. The van der Waals surface area contributed by atoms with E-state index in [-0.39, 0.29) is 5.56 Å². The number of anilines is 1. The molecule has 0 spiro atoms. The summed E-state index contributed by atoms with van der Waals surface area (Å²) in [6.07, 6.45) is 1.47. The minimum absolute atomic E-state index is 0.365. The predicted octanol–water partition coefficient (Wildman–Crippen LogP) is 1.39. The third-order valence-corrected chi connectivity index (χ3v) is 3.55. The van der Waals surface area contributed by atoms with Crippen molar-refractivity contribution in [1.29, 1.82) is 0 Å². The predicted molar refractivity (Wildman–Crippen MR) is 87.9 cm³/mol. The maximum atomic E-state index is 12.5. The van der Waals surface area contributed by atoms with Gasteiger partial charge in [0.05, 0.1) is 24.4 Å². The topological polar surface area (TPSA) is 99.0 Å². The summed E-state index contributed by atoms with van der Waals surface area (Å²) in [5, 5.41) is 10.9. The van der Waals surface area contributed by atoms with Crippen LogP contribution in [0.4, 0.5) is 5.69 Å². The quantitative estimate of drug-likeness (QED) is 0.778. The average molecular weight is 325 g/mol. The number of methoxy groups -OCH3 is 1. The van der Waals surface area contributed by atoms with Crippen molar-refractivity contribution in [3.8, 4) is 5.88 Å². The highest BCUT2D eigenvalue weighted by atomic mass is 16.5. The Morgan fingerprint density at radius 1 is 1.25 bits per heavy atom. The van der Waals surface area contributed by atoms with Crippen LogP contribution in [-0.2, 0) is 4.79 Å². The fourth-order valence-corrected chi connectivity index (χ4v) is 2.19. The number of aromatic nitrogens is 4. The molecule has 8 heteroatoms. The van der Waals surface area contributed by atoms with Crippen LogP contribution >= 0.6 is 0 Å². The van der Waals surface area contributed by atoms with Gasteiger partial charge in [-0.05, 0) is 25.1 Å². The van der Waals surface area contributed by atoms with E-state index in [0.29, 0.717) is 22.5 Å². The molecule has 8 nitrogen and oxygen atoms in total. The number of nitrogens with one attached hydrogen (secondary N) is 1. The van der Waals surface area contributed by atoms with Gasteiger partial charge in [0.25, 0.3) is 5.56 Å². The zero-order valence-electron chi connectivity index (χ0n) is 13.1. The number of hydrogen-bond acceptors (Lipinski definition) is 6. The third-order valence-electron chi connectivity index (χ3n) is 3.55. The van der Waals surface area contributed by atoms with Crippen LogP contribution < -0.4 is 15.6 Å². The summed E-state index contributed by atoms with van der Waals surface area (Å²) >= 11 is 0. The number of amides is 1. The monoisotopic (exact) mass is 325 g/mol. The molecule has 0 saturated heterocycles. The molecule has 0 bridgehead atoms. The van der Waals surface area contributed by atoms with E-state index in [1.54, 1.807) is 43.3 Å². The lowest BCUT2D eigenvalue weighted by atomic mass is 10.2. The Balaban J connectivity index is 1.85. The van der Waals surface area contributed by atoms with Crippen molar-refractivity contribution in [3.05, 3.63) is 52.9 Å². The summed E-state index contributed by atoms with van der Waals surface area (Å²) in [5.74, 6) is 0.0475. The number of carbonyl (C=O) groups excluding carboxylic acids is 1. The normalized spacial score (nSPS) is 11.9. The number of benzene rings is 1. The van der Waals surface area contributed by atoms with Gasteiger partial charge in [-0.1, -0.05) is 17.3 Å². The highest BCUT2D eigenvalue weighted by Gasteiger charge is 2.19. The Bertz CT molecular complexity index is 936. The molecule has 0 aliphatic carbocycles. The number of ether oxygens (including phenoxy) is 1. The van der Waals surface area contributed by atoms with Crippen LogP contribution in [0, 0.1) is 0 Å². The fourth-order valence-electron chi connectivity index (χ4n) is 2.19. The van der Waals surface area contributed by atoms with Crippen LogP contribution in [0.3, 0.4) is 0 Å². The van der Waals surface area contributed by atoms with E-state index in [1.807, 2.05) is 0 Å². The standard InChI is InChI=1S/C16H15N5O3/c1-10(15(22)18-11-7-8-14(24-2)17-9-11)21-16(23)12-5-3-4-6-13(12)19-20-21/h3-10H,1-2H3,(H,18,22)/t10-/m0/s1. The average Bonchev–Trinajstić information content (AvgIpc) is 2.62. The van der Waals surface area contributed by atoms with Gasteiger partial charge >= 0.3 is 0 Å². The zero-order chi connectivity index (χ0) is 17.1. The van der Waals surface area contributed by atoms with Gasteiger partial charge in [-0.2, -0.15) is 4.68 Å². The van der Waals surface area contributed by atoms with Gasteiger partial charge in [0.15, 0.2) is 0 Å². The fraction of sp³-hybridized carbons (Fsp3) is 0.188. The molecule has 0 aliphatic heterocycles. The minimum atomic E-state index is -0.822. The van der Waals surface area contributed by atoms with E-state index < -0.39 is 11.9 Å².